The summed E-state index contributed by atoms with van der Waals surface area (Å²) in [6.45, 7) is 1.91. The zero-order chi connectivity index (χ0) is 20.1. The van der Waals surface area contributed by atoms with E-state index < -0.39 is 0 Å². The van der Waals surface area contributed by atoms with Crippen molar-refractivity contribution in [2.45, 2.75) is 18.2 Å². The van der Waals surface area contributed by atoms with Gasteiger partial charge in [-0.2, -0.15) is 0 Å². The van der Waals surface area contributed by atoms with Gasteiger partial charge in [0.1, 0.15) is 11.6 Å². The van der Waals surface area contributed by atoms with Crippen LogP contribution in [-0.4, -0.2) is 31.4 Å². The molecule has 0 saturated heterocycles. The fourth-order valence-electron chi connectivity index (χ4n) is 2.33. The van der Waals surface area contributed by atoms with Crippen LogP contribution in [0, 0.1) is 0 Å². The van der Waals surface area contributed by atoms with Crippen molar-refractivity contribution < 1.29 is 9.53 Å². The Labute approximate surface area is 183 Å². The molecule has 0 aliphatic rings. The lowest BCUT2D eigenvalue weighted by Gasteiger charge is -2.14. The van der Waals surface area contributed by atoms with Crippen LogP contribution in [0.2, 0.25) is 0 Å². The molecule has 0 radical (unpaired) electrons. The summed E-state index contributed by atoms with van der Waals surface area (Å²) in [5.74, 6) is 1.97. The number of ether oxygens (including phenoxy) is 1. The predicted molar refractivity (Wildman–Crippen MR) is 115 cm³/mol. The zero-order valence-electron chi connectivity index (χ0n) is 15.1. The predicted octanol–water partition coefficient (Wildman–Crippen LogP) is 4.61. The van der Waals surface area contributed by atoms with Gasteiger partial charge in [-0.1, -0.05) is 27.7 Å². The third kappa shape index (κ3) is 5.55. The summed E-state index contributed by atoms with van der Waals surface area (Å²) >= 11 is 8.01. The van der Waals surface area contributed by atoms with Crippen molar-refractivity contribution >= 4 is 55.3 Å². The first kappa shape index (κ1) is 20.8. The van der Waals surface area contributed by atoms with E-state index in [0.29, 0.717) is 16.8 Å². The van der Waals surface area contributed by atoms with E-state index in [1.807, 2.05) is 48.9 Å². The van der Waals surface area contributed by atoms with Crippen LogP contribution < -0.4 is 10.1 Å². The van der Waals surface area contributed by atoms with Crippen LogP contribution in [0.4, 0.5) is 5.82 Å². The number of aromatic nitrogens is 4. The normalized spacial score (nSPS) is 11.9. The quantitative estimate of drug-likeness (QED) is 0.453. The summed E-state index contributed by atoms with van der Waals surface area (Å²) in [7, 11) is 1.85. The molecule has 2 aromatic heterocycles. The van der Waals surface area contributed by atoms with Gasteiger partial charge in [-0.25, -0.2) is 4.98 Å². The molecule has 146 valence electrons. The van der Waals surface area contributed by atoms with Gasteiger partial charge in [-0.3, -0.25) is 4.79 Å². The van der Waals surface area contributed by atoms with E-state index in [4.69, 9.17) is 4.74 Å². The van der Waals surface area contributed by atoms with Crippen molar-refractivity contribution in [3.8, 4) is 5.75 Å². The molecule has 28 heavy (non-hydrogen) atoms. The fraction of sp³-hybridized carbons (Fsp3) is 0.222. The second-order valence-electron chi connectivity index (χ2n) is 5.81. The molecule has 10 heteroatoms. The van der Waals surface area contributed by atoms with Crippen molar-refractivity contribution in [2.75, 3.05) is 11.1 Å². The largest absolute Gasteiger partial charge is 0.483 e. The number of pyridine rings is 1. The zero-order valence-corrected chi connectivity index (χ0v) is 19.1. The smallest absolute Gasteiger partial charge is 0.236 e. The van der Waals surface area contributed by atoms with E-state index in [1.54, 1.807) is 12.3 Å². The number of anilines is 1. The molecular formula is C18H17Br2N5O2S. The maximum atomic E-state index is 12.1. The van der Waals surface area contributed by atoms with E-state index in [1.165, 1.54) is 11.8 Å². The number of amides is 1. The Hall–Kier alpha value is -1.91. The van der Waals surface area contributed by atoms with E-state index in [-0.39, 0.29) is 17.8 Å². The molecule has 0 saturated carbocycles. The molecule has 1 aromatic carbocycles. The first-order chi connectivity index (χ1) is 13.4. The summed E-state index contributed by atoms with van der Waals surface area (Å²) in [6, 6.07) is 11.1. The second-order valence-corrected chi connectivity index (χ2v) is 8.59. The number of benzene rings is 1. The number of halogens is 2. The Bertz CT molecular complexity index is 948. The Morgan fingerprint density at radius 1 is 1.18 bits per heavy atom. The molecule has 1 N–H and O–H groups in total. The van der Waals surface area contributed by atoms with Crippen molar-refractivity contribution in [1.29, 1.82) is 0 Å². The highest BCUT2D eigenvalue weighted by Gasteiger charge is 2.18. The average Bonchev–Trinajstić information content (AvgIpc) is 3.04. The van der Waals surface area contributed by atoms with Gasteiger partial charge < -0.3 is 14.6 Å². The van der Waals surface area contributed by atoms with Gasteiger partial charge in [-0.15, -0.1) is 10.2 Å². The van der Waals surface area contributed by atoms with E-state index in [0.717, 1.165) is 14.7 Å². The van der Waals surface area contributed by atoms with E-state index >= 15 is 0 Å². The lowest BCUT2D eigenvalue weighted by atomic mass is 10.3. The molecule has 0 fully saturated rings. The van der Waals surface area contributed by atoms with Crippen LogP contribution in [0.15, 0.2) is 56.7 Å². The molecule has 1 unspecified atom stereocenters. The maximum absolute atomic E-state index is 12.1. The highest BCUT2D eigenvalue weighted by molar-refractivity contribution is 9.10. The number of carbonyl (C=O) groups is 1. The molecule has 1 atom stereocenters. The Balaban J connectivity index is 1.57. The number of hydrogen-bond acceptors (Lipinski definition) is 6. The molecule has 2 heterocycles. The second kappa shape index (κ2) is 9.53. The molecule has 0 bridgehead atoms. The molecule has 0 spiro atoms. The minimum absolute atomic E-state index is 0.163. The van der Waals surface area contributed by atoms with Gasteiger partial charge >= 0.3 is 0 Å². The fourth-order valence-corrected chi connectivity index (χ4v) is 3.55. The van der Waals surface area contributed by atoms with E-state index in [9.17, 15) is 4.79 Å². The van der Waals surface area contributed by atoms with E-state index in [2.05, 4.69) is 52.4 Å². The molecule has 0 aliphatic carbocycles. The third-order valence-corrected chi connectivity index (χ3v) is 5.70. The van der Waals surface area contributed by atoms with Crippen LogP contribution in [0.1, 0.15) is 18.9 Å². The highest BCUT2D eigenvalue weighted by Crippen LogP contribution is 2.24. The Morgan fingerprint density at radius 3 is 2.57 bits per heavy atom. The topological polar surface area (TPSA) is 81.9 Å². The van der Waals surface area contributed by atoms with Crippen molar-refractivity contribution in [3.05, 3.63) is 57.4 Å². The van der Waals surface area contributed by atoms with Crippen LogP contribution in [-0.2, 0) is 11.8 Å². The summed E-state index contributed by atoms with van der Waals surface area (Å²) in [5, 5.41) is 11.8. The van der Waals surface area contributed by atoms with Crippen LogP contribution in [0.3, 0.4) is 0 Å². The third-order valence-electron chi connectivity index (χ3n) is 3.69. The number of nitrogens with zero attached hydrogens (tertiary/aromatic N) is 4. The highest BCUT2D eigenvalue weighted by atomic mass is 79.9. The molecule has 3 aromatic rings. The van der Waals surface area contributed by atoms with Crippen molar-refractivity contribution in [2.24, 2.45) is 7.05 Å². The van der Waals surface area contributed by atoms with Gasteiger partial charge in [0.2, 0.25) is 5.91 Å². The molecule has 1 amide bonds. The standard InChI is InChI=1S/C18H17Br2N5O2S/c1-11(27-14-6-3-12(19)4-7-14)17-23-24-18(25(17)2)28-10-16(26)22-15-8-5-13(20)9-21-15/h3-9,11H,10H2,1-2H3,(H,21,22,26). The van der Waals surface area contributed by atoms with Gasteiger partial charge in [0.25, 0.3) is 0 Å². The maximum Gasteiger partial charge on any atom is 0.236 e. The number of nitrogens with one attached hydrogen (secondary N) is 1. The number of carbonyl (C=O) groups excluding carboxylic acids is 1. The SMILES string of the molecule is CC(Oc1ccc(Br)cc1)c1nnc(SCC(=O)Nc2ccc(Br)cn2)n1C. The molecular weight excluding hydrogens is 510 g/mol. The molecule has 7 nitrogen and oxygen atoms in total. The van der Waals surface area contributed by atoms with Crippen molar-refractivity contribution in [3.63, 3.8) is 0 Å². The minimum Gasteiger partial charge on any atom is -0.483 e. The Kier molecular flexibility index (Phi) is 7.08. The summed E-state index contributed by atoms with van der Waals surface area (Å²) < 4.78 is 9.59. The van der Waals surface area contributed by atoms with Crippen LogP contribution >= 0.6 is 43.6 Å². The molecule has 0 aliphatic heterocycles. The lowest BCUT2D eigenvalue weighted by Crippen LogP contribution is -2.15. The lowest BCUT2D eigenvalue weighted by molar-refractivity contribution is -0.113. The average molecular weight is 527 g/mol. The van der Waals surface area contributed by atoms with Crippen molar-refractivity contribution in [1.82, 2.24) is 19.7 Å². The monoisotopic (exact) mass is 525 g/mol. The van der Waals surface area contributed by atoms with Gasteiger partial charge in [0.15, 0.2) is 17.1 Å². The number of hydrogen-bond donors (Lipinski definition) is 1. The van der Waals surface area contributed by atoms with Crippen LogP contribution in [0.5, 0.6) is 5.75 Å². The van der Waals surface area contributed by atoms with Gasteiger partial charge in [0.05, 0.1) is 5.75 Å². The summed E-state index contributed by atoms with van der Waals surface area (Å²) in [6.07, 6.45) is 1.35. The first-order valence-corrected chi connectivity index (χ1v) is 10.9. The minimum atomic E-state index is -0.284. The summed E-state index contributed by atoms with van der Waals surface area (Å²) in [4.78, 5) is 16.2. The number of thioether (sulfide) groups is 1. The number of rotatable bonds is 7. The van der Waals surface area contributed by atoms with Gasteiger partial charge in [-0.05, 0) is 59.3 Å². The Morgan fingerprint density at radius 2 is 1.89 bits per heavy atom. The summed E-state index contributed by atoms with van der Waals surface area (Å²) in [5.41, 5.74) is 0. The molecule has 3 rings (SSSR count). The van der Waals surface area contributed by atoms with Crippen LogP contribution in [0.25, 0.3) is 0 Å². The van der Waals surface area contributed by atoms with Gasteiger partial charge in [0, 0.05) is 22.2 Å². The first-order valence-electron chi connectivity index (χ1n) is 8.28.